The summed E-state index contributed by atoms with van der Waals surface area (Å²) >= 11 is 0. The number of nitrogens with one attached hydrogen (secondary N) is 1. The maximum atomic E-state index is 4.42. The quantitative estimate of drug-likeness (QED) is 0.840. The van der Waals surface area contributed by atoms with E-state index in [-0.39, 0.29) is 0 Å². The van der Waals surface area contributed by atoms with Crippen LogP contribution >= 0.6 is 0 Å². The van der Waals surface area contributed by atoms with Gasteiger partial charge in [-0.05, 0) is 67.9 Å². The van der Waals surface area contributed by atoms with Crippen LogP contribution < -0.4 is 5.32 Å². The second-order valence-corrected chi connectivity index (χ2v) is 6.32. The van der Waals surface area contributed by atoms with Crippen LogP contribution in [0.25, 0.3) is 0 Å². The summed E-state index contributed by atoms with van der Waals surface area (Å²) in [5, 5.41) is 3.71. The van der Waals surface area contributed by atoms with Gasteiger partial charge < -0.3 is 5.32 Å². The monoisotopic (exact) mass is 228 g/mol. The topological polar surface area (TPSA) is 24.9 Å². The summed E-state index contributed by atoms with van der Waals surface area (Å²) in [6.45, 7) is 0. The van der Waals surface area contributed by atoms with Gasteiger partial charge in [0.2, 0.25) is 0 Å². The molecule has 4 fully saturated rings. The lowest BCUT2D eigenvalue weighted by molar-refractivity contribution is 0.00742. The van der Waals surface area contributed by atoms with Crippen LogP contribution in [0.1, 0.15) is 32.1 Å². The van der Waals surface area contributed by atoms with Gasteiger partial charge in [0.1, 0.15) is 5.82 Å². The minimum absolute atomic E-state index is 0.706. The molecule has 90 valence electrons. The first kappa shape index (κ1) is 9.93. The van der Waals surface area contributed by atoms with Crippen LogP contribution in [0.15, 0.2) is 24.4 Å². The first-order chi connectivity index (χ1) is 8.38. The minimum Gasteiger partial charge on any atom is -0.367 e. The maximum Gasteiger partial charge on any atom is 0.126 e. The van der Waals surface area contributed by atoms with Crippen LogP contribution in [0, 0.1) is 23.7 Å². The molecule has 0 aliphatic heterocycles. The summed E-state index contributed by atoms with van der Waals surface area (Å²) in [4.78, 5) is 4.42. The zero-order valence-electron chi connectivity index (χ0n) is 10.2. The molecular weight excluding hydrogens is 208 g/mol. The van der Waals surface area contributed by atoms with E-state index in [1.165, 1.54) is 32.1 Å². The van der Waals surface area contributed by atoms with E-state index in [0.717, 1.165) is 29.5 Å². The van der Waals surface area contributed by atoms with Gasteiger partial charge in [0.05, 0.1) is 0 Å². The third-order valence-corrected chi connectivity index (χ3v) is 5.21. The number of nitrogens with zero attached hydrogens (tertiary/aromatic N) is 1. The molecule has 0 radical (unpaired) electrons. The Hall–Kier alpha value is -1.05. The Kier molecular flexibility index (Phi) is 2.17. The summed E-state index contributed by atoms with van der Waals surface area (Å²) in [5.41, 5.74) is 0. The second-order valence-electron chi connectivity index (χ2n) is 6.32. The standard InChI is InChI=1S/C15H20N2/c1-2-4-16-14(3-1)17-15-12-6-10-5-11(8-12)9-13(15)7-10/h1-4,10-13,15H,5-9H2,(H,16,17). The molecule has 1 N–H and O–H groups in total. The summed E-state index contributed by atoms with van der Waals surface area (Å²) < 4.78 is 0. The van der Waals surface area contributed by atoms with Gasteiger partial charge in [0.25, 0.3) is 0 Å². The smallest absolute Gasteiger partial charge is 0.126 e. The van der Waals surface area contributed by atoms with Crippen molar-refractivity contribution in [2.45, 2.75) is 38.1 Å². The Morgan fingerprint density at radius 2 is 1.65 bits per heavy atom. The zero-order valence-corrected chi connectivity index (χ0v) is 10.2. The number of pyridine rings is 1. The van der Waals surface area contributed by atoms with Gasteiger partial charge in [-0.2, -0.15) is 0 Å². The van der Waals surface area contributed by atoms with Crippen molar-refractivity contribution in [2.24, 2.45) is 23.7 Å². The summed E-state index contributed by atoms with van der Waals surface area (Å²) in [5.74, 6) is 5.03. The van der Waals surface area contributed by atoms with Crippen LogP contribution in [-0.4, -0.2) is 11.0 Å². The molecule has 5 rings (SSSR count). The fourth-order valence-corrected chi connectivity index (χ4v) is 4.78. The van der Waals surface area contributed by atoms with Gasteiger partial charge in [0.15, 0.2) is 0 Å². The van der Waals surface area contributed by atoms with Crippen molar-refractivity contribution in [1.29, 1.82) is 0 Å². The highest BCUT2D eigenvalue weighted by molar-refractivity contribution is 5.35. The normalized spacial score (nSPS) is 42.7. The lowest BCUT2D eigenvalue weighted by Crippen LogP contribution is -2.51. The van der Waals surface area contributed by atoms with Crippen molar-refractivity contribution >= 4 is 5.82 Å². The van der Waals surface area contributed by atoms with Crippen molar-refractivity contribution in [1.82, 2.24) is 4.98 Å². The highest BCUT2D eigenvalue weighted by Crippen LogP contribution is 2.54. The van der Waals surface area contributed by atoms with Gasteiger partial charge >= 0.3 is 0 Å². The molecule has 0 unspecified atom stereocenters. The summed E-state index contributed by atoms with van der Waals surface area (Å²) in [7, 11) is 0. The average Bonchev–Trinajstić information content (AvgIpc) is 2.34. The Labute approximate surface area is 103 Å². The Balaban J connectivity index is 1.55. The molecule has 17 heavy (non-hydrogen) atoms. The third kappa shape index (κ3) is 1.65. The molecule has 1 aromatic heterocycles. The van der Waals surface area contributed by atoms with Crippen molar-refractivity contribution in [3.63, 3.8) is 0 Å². The Morgan fingerprint density at radius 1 is 0.941 bits per heavy atom. The summed E-state index contributed by atoms with van der Waals surface area (Å²) in [6, 6.07) is 6.87. The van der Waals surface area contributed by atoms with E-state index in [9.17, 15) is 0 Å². The van der Waals surface area contributed by atoms with Crippen LogP contribution in [0.2, 0.25) is 0 Å². The first-order valence-electron chi connectivity index (χ1n) is 7.06. The predicted molar refractivity (Wildman–Crippen MR) is 68.7 cm³/mol. The van der Waals surface area contributed by atoms with Crippen LogP contribution in [0.4, 0.5) is 5.82 Å². The zero-order chi connectivity index (χ0) is 11.2. The van der Waals surface area contributed by atoms with E-state index in [0.29, 0.717) is 6.04 Å². The molecule has 1 heterocycles. The molecule has 2 nitrogen and oxygen atoms in total. The van der Waals surface area contributed by atoms with Gasteiger partial charge in [-0.25, -0.2) is 4.98 Å². The molecule has 0 saturated heterocycles. The lowest BCUT2D eigenvalue weighted by Gasteiger charge is -2.54. The van der Waals surface area contributed by atoms with E-state index in [2.05, 4.69) is 22.4 Å². The van der Waals surface area contributed by atoms with Gasteiger partial charge in [0, 0.05) is 12.2 Å². The molecule has 4 bridgehead atoms. The molecule has 4 aliphatic carbocycles. The van der Waals surface area contributed by atoms with Crippen molar-refractivity contribution < 1.29 is 0 Å². The molecule has 0 amide bonds. The Morgan fingerprint density at radius 3 is 2.24 bits per heavy atom. The van der Waals surface area contributed by atoms with Gasteiger partial charge in [-0.1, -0.05) is 6.07 Å². The average molecular weight is 228 g/mol. The molecule has 2 heteroatoms. The van der Waals surface area contributed by atoms with E-state index in [1.807, 2.05) is 12.3 Å². The lowest BCUT2D eigenvalue weighted by atomic mass is 9.54. The van der Waals surface area contributed by atoms with E-state index in [1.54, 1.807) is 0 Å². The second kappa shape index (κ2) is 3.72. The molecule has 0 atom stereocenters. The largest absolute Gasteiger partial charge is 0.367 e. The van der Waals surface area contributed by atoms with E-state index >= 15 is 0 Å². The van der Waals surface area contributed by atoms with Gasteiger partial charge in [-0.15, -0.1) is 0 Å². The van der Waals surface area contributed by atoms with E-state index in [4.69, 9.17) is 0 Å². The molecule has 0 aromatic carbocycles. The van der Waals surface area contributed by atoms with Crippen molar-refractivity contribution in [2.75, 3.05) is 5.32 Å². The predicted octanol–water partition coefficient (Wildman–Crippen LogP) is 3.32. The summed E-state index contributed by atoms with van der Waals surface area (Å²) in [6.07, 6.45) is 9.30. The van der Waals surface area contributed by atoms with Crippen molar-refractivity contribution in [3.8, 4) is 0 Å². The van der Waals surface area contributed by atoms with Crippen LogP contribution in [0.5, 0.6) is 0 Å². The van der Waals surface area contributed by atoms with Gasteiger partial charge in [-0.3, -0.25) is 0 Å². The highest BCUT2D eigenvalue weighted by atomic mass is 15.0. The fraction of sp³-hybridized carbons (Fsp3) is 0.667. The fourth-order valence-electron chi connectivity index (χ4n) is 4.78. The van der Waals surface area contributed by atoms with Crippen molar-refractivity contribution in [3.05, 3.63) is 24.4 Å². The number of rotatable bonds is 2. The number of hydrogen-bond acceptors (Lipinski definition) is 2. The Bertz CT molecular complexity index is 373. The molecule has 4 aliphatic rings. The number of aromatic nitrogens is 1. The third-order valence-electron chi connectivity index (χ3n) is 5.21. The number of hydrogen-bond donors (Lipinski definition) is 1. The van der Waals surface area contributed by atoms with Crippen LogP contribution in [0.3, 0.4) is 0 Å². The molecule has 1 aromatic rings. The molecule has 0 spiro atoms. The van der Waals surface area contributed by atoms with E-state index < -0.39 is 0 Å². The SMILES string of the molecule is c1ccc(NC2C3CC4CC(C3)CC2C4)nc1. The maximum absolute atomic E-state index is 4.42. The van der Waals surface area contributed by atoms with Crippen LogP contribution in [-0.2, 0) is 0 Å². The minimum atomic E-state index is 0.706. The molecule has 4 saturated carbocycles. The molecular formula is C15H20N2. The highest BCUT2D eigenvalue weighted by Gasteiger charge is 2.48. The first-order valence-corrected chi connectivity index (χ1v) is 7.06. The number of anilines is 1.